The minimum absolute atomic E-state index is 0.0374. The second kappa shape index (κ2) is 10.1. The predicted octanol–water partition coefficient (Wildman–Crippen LogP) is 5.83. The number of carbonyl (C=O) groups excluding carboxylic acids is 2. The van der Waals surface area contributed by atoms with E-state index in [-0.39, 0.29) is 17.2 Å². The van der Waals surface area contributed by atoms with E-state index in [1.807, 2.05) is 0 Å². The van der Waals surface area contributed by atoms with Crippen molar-refractivity contribution >= 4 is 34.9 Å². The fourth-order valence-corrected chi connectivity index (χ4v) is 4.03. The normalized spacial score (nSPS) is 17.4. The van der Waals surface area contributed by atoms with Crippen LogP contribution in [0.25, 0.3) is 5.76 Å². The molecule has 1 fully saturated rings. The van der Waals surface area contributed by atoms with Crippen LogP contribution in [-0.4, -0.2) is 28.6 Å². The van der Waals surface area contributed by atoms with Crippen LogP contribution in [0.4, 0.5) is 5.82 Å². The van der Waals surface area contributed by atoms with Gasteiger partial charge < -0.3 is 14.4 Å². The van der Waals surface area contributed by atoms with Crippen molar-refractivity contribution in [3.63, 3.8) is 0 Å². The molecule has 0 saturated carbocycles. The highest BCUT2D eigenvalue weighted by Crippen LogP contribution is 2.42. The van der Waals surface area contributed by atoms with Crippen LogP contribution in [0.5, 0.6) is 5.75 Å². The molecule has 4 rings (SSSR count). The van der Waals surface area contributed by atoms with E-state index in [9.17, 15) is 14.7 Å². The lowest BCUT2D eigenvalue weighted by Gasteiger charge is -2.23. The molecular formula is C26H25ClN2O5. The molecule has 1 aliphatic rings. The van der Waals surface area contributed by atoms with Gasteiger partial charge in [0, 0.05) is 16.7 Å². The van der Waals surface area contributed by atoms with Crippen molar-refractivity contribution in [2.45, 2.75) is 39.2 Å². The quantitative estimate of drug-likeness (QED) is 0.189. The summed E-state index contributed by atoms with van der Waals surface area (Å²) in [6, 6.07) is 14.2. The van der Waals surface area contributed by atoms with Crippen molar-refractivity contribution < 1.29 is 24.0 Å². The highest BCUT2D eigenvalue weighted by molar-refractivity contribution is 6.51. The van der Waals surface area contributed by atoms with E-state index < -0.39 is 17.7 Å². The molecule has 0 bridgehead atoms. The van der Waals surface area contributed by atoms with Crippen LogP contribution in [-0.2, 0) is 9.59 Å². The molecule has 0 spiro atoms. The number of aromatic nitrogens is 1. The molecule has 7 nitrogen and oxygen atoms in total. The third-order valence-corrected chi connectivity index (χ3v) is 5.89. The Bertz CT molecular complexity index is 1210. The maximum absolute atomic E-state index is 13.1. The van der Waals surface area contributed by atoms with Crippen molar-refractivity contribution in [3.05, 3.63) is 82.1 Å². The number of benzene rings is 2. The van der Waals surface area contributed by atoms with E-state index in [1.54, 1.807) is 61.5 Å². The van der Waals surface area contributed by atoms with Crippen LogP contribution >= 0.6 is 11.6 Å². The molecule has 1 amide bonds. The van der Waals surface area contributed by atoms with E-state index in [0.29, 0.717) is 34.3 Å². The lowest BCUT2D eigenvalue weighted by molar-refractivity contribution is -0.132. The summed E-state index contributed by atoms with van der Waals surface area (Å²) in [5.74, 6) is -0.523. The zero-order valence-electron chi connectivity index (χ0n) is 19.0. The molecule has 1 atom stereocenters. The molecule has 2 heterocycles. The van der Waals surface area contributed by atoms with Crippen LogP contribution in [0.2, 0.25) is 5.02 Å². The summed E-state index contributed by atoms with van der Waals surface area (Å²) >= 11 is 5.97. The molecular weight excluding hydrogens is 456 g/mol. The number of unbranched alkanes of at least 4 members (excludes halogenated alkanes) is 2. The smallest absolute Gasteiger partial charge is 0.301 e. The number of hydrogen-bond donors (Lipinski definition) is 1. The Morgan fingerprint density at radius 3 is 2.44 bits per heavy atom. The van der Waals surface area contributed by atoms with Gasteiger partial charge in [-0.2, -0.15) is 0 Å². The van der Waals surface area contributed by atoms with Crippen LogP contribution < -0.4 is 9.64 Å². The first-order valence-electron chi connectivity index (χ1n) is 11.1. The number of amides is 1. The number of anilines is 1. The van der Waals surface area contributed by atoms with Gasteiger partial charge in [0.05, 0.1) is 18.2 Å². The topological polar surface area (TPSA) is 92.9 Å². The molecule has 1 saturated heterocycles. The third-order valence-electron chi connectivity index (χ3n) is 5.64. The van der Waals surface area contributed by atoms with E-state index in [2.05, 4.69) is 12.1 Å². The maximum atomic E-state index is 13.1. The van der Waals surface area contributed by atoms with Crippen molar-refractivity contribution in [1.82, 2.24) is 5.16 Å². The molecule has 34 heavy (non-hydrogen) atoms. The molecule has 1 aromatic heterocycles. The molecule has 8 heteroatoms. The Labute approximate surface area is 202 Å². The number of aryl methyl sites for hydroxylation is 1. The van der Waals surface area contributed by atoms with Crippen LogP contribution in [0, 0.1) is 6.92 Å². The summed E-state index contributed by atoms with van der Waals surface area (Å²) in [4.78, 5) is 27.4. The number of aliphatic hydroxyl groups excluding tert-OH is 1. The highest BCUT2D eigenvalue weighted by atomic mass is 35.5. The molecule has 1 aliphatic heterocycles. The molecule has 3 aromatic rings. The molecule has 0 radical (unpaired) electrons. The average molecular weight is 481 g/mol. The zero-order valence-corrected chi connectivity index (χ0v) is 19.7. The van der Waals surface area contributed by atoms with E-state index >= 15 is 0 Å². The lowest BCUT2D eigenvalue weighted by Crippen LogP contribution is -2.29. The number of ether oxygens (including phenoxy) is 1. The lowest BCUT2D eigenvalue weighted by atomic mass is 9.95. The summed E-state index contributed by atoms with van der Waals surface area (Å²) in [6.45, 7) is 4.44. The van der Waals surface area contributed by atoms with Gasteiger partial charge >= 0.3 is 5.91 Å². The minimum atomic E-state index is -0.894. The monoisotopic (exact) mass is 480 g/mol. The summed E-state index contributed by atoms with van der Waals surface area (Å²) in [5.41, 5.74) is 0.959. The van der Waals surface area contributed by atoms with Crippen LogP contribution in [0.1, 0.15) is 49.1 Å². The largest absolute Gasteiger partial charge is 0.507 e. The Morgan fingerprint density at radius 2 is 1.82 bits per heavy atom. The van der Waals surface area contributed by atoms with E-state index in [4.69, 9.17) is 20.9 Å². The van der Waals surface area contributed by atoms with Gasteiger partial charge in [0.2, 0.25) is 0 Å². The van der Waals surface area contributed by atoms with Crippen molar-refractivity contribution in [2.75, 3.05) is 11.5 Å². The Balaban J connectivity index is 1.76. The fourth-order valence-electron chi connectivity index (χ4n) is 3.90. The van der Waals surface area contributed by atoms with Gasteiger partial charge in [-0.15, -0.1) is 0 Å². The number of ketones is 1. The third kappa shape index (κ3) is 4.70. The second-order valence-corrected chi connectivity index (χ2v) is 8.53. The van der Waals surface area contributed by atoms with Gasteiger partial charge in [0.15, 0.2) is 5.82 Å². The van der Waals surface area contributed by atoms with Crippen LogP contribution in [0.3, 0.4) is 0 Å². The maximum Gasteiger partial charge on any atom is 0.301 e. The summed E-state index contributed by atoms with van der Waals surface area (Å²) < 4.78 is 10.9. The number of carbonyl (C=O) groups is 2. The van der Waals surface area contributed by atoms with Crippen molar-refractivity contribution in [3.8, 4) is 5.75 Å². The van der Waals surface area contributed by atoms with Crippen molar-refractivity contribution in [2.24, 2.45) is 0 Å². The van der Waals surface area contributed by atoms with Gasteiger partial charge in [-0.25, -0.2) is 0 Å². The van der Waals surface area contributed by atoms with E-state index in [1.165, 1.54) is 4.90 Å². The average Bonchev–Trinajstić information content (AvgIpc) is 3.37. The SMILES string of the molecule is CCCCCOc1ccc([C@H]2C(=C(O)c3ccc(Cl)cc3)C(=O)C(=O)N2c2cc(C)on2)cc1. The number of halogens is 1. The fraction of sp³-hybridized carbons (Fsp3) is 0.269. The van der Waals surface area contributed by atoms with Gasteiger partial charge in [-0.3, -0.25) is 14.5 Å². The molecule has 0 aliphatic carbocycles. The van der Waals surface area contributed by atoms with Crippen LogP contribution in [0.15, 0.2) is 64.7 Å². The standard InChI is InChI=1S/C26H25ClN2O5/c1-3-4-5-14-33-20-12-8-17(9-13-20)23-22(24(30)18-6-10-19(27)11-7-18)25(31)26(32)29(23)21-15-16(2)34-28-21/h6-13,15,23,30H,3-5,14H2,1-2H3/t23-/m0/s1. The zero-order chi connectivity index (χ0) is 24.2. The Morgan fingerprint density at radius 1 is 1.12 bits per heavy atom. The number of hydrogen-bond acceptors (Lipinski definition) is 6. The second-order valence-electron chi connectivity index (χ2n) is 8.10. The molecule has 2 aromatic carbocycles. The Hall–Kier alpha value is -3.58. The highest BCUT2D eigenvalue weighted by Gasteiger charge is 2.48. The Kier molecular flexibility index (Phi) is 7.03. The molecule has 0 unspecified atom stereocenters. The first-order valence-corrected chi connectivity index (χ1v) is 11.5. The van der Waals surface area contributed by atoms with Gasteiger partial charge in [-0.05, 0) is 55.3 Å². The minimum Gasteiger partial charge on any atom is -0.507 e. The van der Waals surface area contributed by atoms with Crippen molar-refractivity contribution in [1.29, 1.82) is 0 Å². The molecule has 1 N–H and O–H groups in total. The molecule has 176 valence electrons. The van der Waals surface area contributed by atoms with Gasteiger partial charge in [0.25, 0.3) is 5.78 Å². The summed E-state index contributed by atoms with van der Waals surface area (Å²) in [7, 11) is 0. The number of rotatable bonds is 8. The van der Waals surface area contributed by atoms with E-state index in [0.717, 1.165) is 19.3 Å². The summed E-state index contributed by atoms with van der Waals surface area (Å²) in [6.07, 6.45) is 3.16. The number of Topliss-reactive ketones (excluding diaryl/α,β-unsaturated/α-hetero) is 1. The number of aliphatic hydroxyl groups is 1. The predicted molar refractivity (Wildman–Crippen MR) is 129 cm³/mol. The van der Waals surface area contributed by atoms with Gasteiger partial charge in [-0.1, -0.05) is 48.7 Å². The summed E-state index contributed by atoms with van der Waals surface area (Å²) in [5, 5.41) is 15.5. The number of nitrogens with zero attached hydrogens (tertiary/aromatic N) is 2. The first kappa shape index (κ1) is 23.6. The first-order chi connectivity index (χ1) is 16.4. The van der Waals surface area contributed by atoms with Gasteiger partial charge in [0.1, 0.15) is 17.3 Å².